The lowest BCUT2D eigenvalue weighted by atomic mass is 10.0. The second-order valence-corrected chi connectivity index (χ2v) is 9.42. The Balaban J connectivity index is 1.44. The van der Waals surface area contributed by atoms with Crippen LogP contribution in [0.25, 0.3) is 11.3 Å². The molecule has 0 unspecified atom stereocenters. The zero-order chi connectivity index (χ0) is 25.4. The van der Waals surface area contributed by atoms with Gasteiger partial charge in [-0.05, 0) is 73.4 Å². The first-order chi connectivity index (χ1) is 17.7. The SMILES string of the molecule is CCCCCCCCCc1ccc(C(=O)Oc2ccc(-c3ccc(OCCCCC)cc3)nc2)cc1. The normalized spacial score (nSPS) is 10.8. The van der Waals surface area contributed by atoms with Crippen molar-refractivity contribution in [2.24, 2.45) is 0 Å². The van der Waals surface area contributed by atoms with Gasteiger partial charge in [-0.15, -0.1) is 0 Å². The molecule has 0 aliphatic heterocycles. The Morgan fingerprint density at radius 1 is 0.694 bits per heavy atom. The molecule has 4 nitrogen and oxygen atoms in total. The average molecular weight is 488 g/mol. The van der Waals surface area contributed by atoms with Crippen molar-refractivity contribution >= 4 is 5.97 Å². The van der Waals surface area contributed by atoms with Crippen molar-refractivity contribution in [2.45, 2.75) is 84.5 Å². The standard InChI is InChI=1S/C32H41NO3/c1-3-5-7-8-9-10-11-13-26-14-16-28(17-15-26)32(34)36-30-22-23-31(33-25-30)27-18-20-29(21-19-27)35-24-12-6-4-2/h14-23,25H,3-13,24H2,1-2H3. The third-order valence-corrected chi connectivity index (χ3v) is 6.37. The van der Waals surface area contributed by atoms with E-state index < -0.39 is 0 Å². The molecule has 0 radical (unpaired) electrons. The molecule has 0 aliphatic carbocycles. The topological polar surface area (TPSA) is 48.4 Å². The minimum absolute atomic E-state index is 0.364. The van der Waals surface area contributed by atoms with E-state index in [2.05, 4.69) is 18.8 Å². The fourth-order valence-electron chi connectivity index (χ4n) is 4.14. The minimum Gasteiger partial charge on any atom is -0.494 e. The van der Waals surface area contributed by atoms with Crippen LogP contribution in [0.1, 0.15) is 94.0 Å². The molecule has 192 valence electrons. The maximum Gasteiger partial charge on any atom is 0.343 e. The first kappa shape index (κ1) is 27.4. The number of nitrogens with zero attached hydrogens (tertiary/aromatic N) is 1. The van der Waals surface area contributed by atoms with E-state index in [0.717, 1.165) is 36.5 Å². The van der Waals surface area contributed by atoms with Crippen LogP contribution in [0.15, 0.2) is 66.9 Å². The van der Waals surface area contributed by atoms with Crippen molar-refractivity contribution in [1.29, 1.82) is 0 Å². The molecule has 0 aliphatic rings. The van der Waals surface area contributed by atoms with Crippen LogP contribution in [-0.4, -0.2) is 17.6 Å². The van der Waals surface area contributed by atoms with Crippen molar-refractivity contribution in [3.8, 4) is 22.8 Å². The summed E-state index contributed by atoms with van der Waals surface area (Å²) < 4.78 is 11.3. The number of hydrogen-bond donors (Lipinski definition) is 0. The van der Waals surface area contributed by atoms with Crippen LogP contribution in [-0.2, 0) is 6.42 Å². The first-order valence-corrected chi connectivity index (χ1v) is 13.7. The largest absolute Gasteiger partial charge is 0.494 e. The highest BCUT2D eigenvalue weighted by molar-refractivity contribution is 5.91. The van der Waals surface area contributed by atoms with Crippen LogP contribution in [0, 0.1) is 0 Å². The summed E-state index contributed by atoms with van der Waals surface area (Å²) in [4.78, 5) is 17.0. The highest BCUT2D eigenvalue weighted by atomic mass is 16.5. The second kappa shape index (κ2) is 15.8. The quantitative estimate of drug-likeness (QED) is 0.150. The van der Waals surface area contributed by atoms with E-state index in [9.17, 15) is 4.79 Å². The molecule has 3 aromatic rings. The molecule has 1 heterocycles. The van der Waals surface area contributed by atoms with E-state index >= 15 is 0 Å². The van der Waals surface area contributed by atoms with Crippen molar-refractivity contribution < 1.29 is 14.3 Å². The number of aromatic nitrogens is 1. The molecule has 3 rings (SSSR count). The van der Waals surface area contributed by atoms with Crippen LogP contribution < -0.4 is 9.47 Å². The van der Waals surface area contributed by atoms with E-state index in [-0.39, 0.29) is 5.97 Å². The summed E-state index contributed by atoms with van der Waals surface area (Å²) in [6.45, 7) is 5.18. The number of aryl methyl sites for hydroxylation is 1. The molecule has 36 heavy (non-hydrogen) atoms. The van der Waals surface area contributed by atoms with E-state index in [1.54, 1.807) is 12.3 Å². The molecule has 0 bridgehead atoms. The predicted molar refractivity (Wildman–Crippen MR) is 148 cm³/mol. The van der Waals surface area contributed by atoms with E-state index in [4.69, 9.17) is 9.47 Å². The van der Waals surface area contributed by atoms with Crippen molar-refractivity contribution in [1.82, 2.24) is 4.98 Å². The number of ether oxygens (including phenoxy) is 2. The van der Waals surface area contributed by atoms with Gasteiger partial charge in [-0.2, -0.15) is 0 Å². The van der Waals surface area contributed by atoms with Gasteiger partial charge < -0.3 is 9.47 Å². The molecule has 0 saturated carbocycles. The molecular weight excluding hydrogens is 446 g/mol. The van der Waals surface area contributed by atoms with Gasteiger partial charge in [-0.1, -0.05) is 77.3 Å². The highest BCUT2D eigenvalue weighted by Gasteiger charge is 2.10. The van der Waals surface area contributed by atoms with Crippen LogP contribution in [0.4, 0.5) is 0 Å². The van der Waals surface area contributed by atoms with Gasteiger partial charge in [-0.25, -0.2) is 4.79 Å². The van der Waals surface area contributed by atoms with Crippen molar-refractivity contribution in [3.63, 3.8) is 0 Å². The Morgan fingerprint density at radius 2 is 1.33 bits per heavy atom. The third-order valence-electron chi connectivity index (χ3n) is 6.37. The number of rotatable bonds is 16. The van der Waals surface area contributed by atoms with Crippen LogP contribution in [0.5, 0.6) is 11.5 Å². The van der Waals surface area contributed by atoms with Gasteiger partial charge in [0.2, 0.25) is 0 Å². The molecule has 0 saturated heterocycles. The number of esters is 1. The number of benzene rings is 2. The summed E-state index contributed by atoms with van der Waals surface area (Å²) in [5.41, 5.74) is 3.63. The average Bonchev–Trinajstić information content (AvgIpc) is 2.92. The number of carbonyl (C=O) groups excluding carboxylic acids is 1. The lowest BCUT2D eigenvalue weighted by molar-refractivity contribution is 0.0734. The molecule has 0 amide bonds. The summed E-state index contributed by atoms with van der Waals surface area (Å²) in [7, 11) is 0. The maximum absolute atomic E-state index is 12.6. The summed E-state index contributed by atoms with van der Waals surface area (Å²) >= 11 is 0. The van der Waals surface area contributed by atoms with E-state index in [1.807, 2.05) is 54.6 Å². The monoisotopic (exact) mass is 487 g/mol. The molecule has 0 fully saturated rings. The molecule has 1 aromatic heterocycles. The zero-order valence-electron chi connectivity index (χ0n) is 22.0. The molecule has 2 aromatic carbocycles. The Morgan fingerprint density at radius 3 is 2.00 bits per heavy atom. The number of carbonyl (C=O) groups is 1. The van der Waals surface area contributed by atoms with E-state index in [0.29, 0.717) is 11.3 Å². The number of unbranched alkanes of at least 4 members (excludes halogenated alkanes) is 8. The molecule has 0 N–H and O–H groups in total. The maximum atomic E-state index is 12.6. The minimum atomic E-state index is -0.364. The lowest BCUT2D eigenvalue weighted by Gasteiger charge is -2.08. The summed E-state index contributed by atoms with van der Waals surface area (Å²) in [6, 6.07) is 19.4. The Kier molecular flexibility index (Phi) is 12.0. The smallest absolute Gasteiger partial charge is 0.343 e. The van der Waals surface area contributed by atoms with Gasteiger partial charge >= 0.3 is 5.97 Å². The van der Waals surface area contributed by atoms with Gasteiger partial charge in [0.05, 0.1) is 24.1 Å². The van der Waals surface area contributed by atoms with Crippen molar-refractivity contribution in [3.05, 3.63) is 78.0 Å². The number of hydrogen-bond acceptors (Lipinski definition) is 4. The van der Waals surface area contributed by atoms with Crippen LogP contribution >= 0.6 is 0 Å². The lowest BCUT2D eigenvalue weighted by Crippen LogP contribution is -2.08. The predicted octanol–water partition coefficient (Wildman–Crippen LogP) is 8.83. The van der Waals surface area contributed by atoms with Gasteiger partial charge in [0.1, 0.15) is 11.5 Å². The highest BCUT2D eigenvalue weighted by Crippen LogP contribution is 2.23. The summed E-state index contributed by atoms with van der Waals surface area (Å²) in [6.07, 6.45) is 15.2. The van der Waals surface area contributed by atoms with E-state index in [1.165, 1.54) is 63.4 Å². The summed E-state index contributed by atoms with van der Waals surface area (Å²) in [5, 5.41) is 0. The fraction of sp³-hybridized carbons (Fsp3) is 0.438. The van der Waals surface area contributed by atoms with Crippen LogP contribution in [0.2, 0.25) is 0 Å². The Hall–Kier alpha value is -3.14. The molecule has 0 spiro atoms. The van der Waals surface area contributed by atoms with Crippen molar-refractivity contribution in [2.75, 3.05) is 6.61 Å². The van der Waals surface area contributed by atoms with Gasteiger partial charge in [0, 0.05) is 5.56 Å². The fourth-order valence-corrected chi connectivity index (χ4v) is 4.14. The summed E-state index contributed by atoms with van der Waals surface area (Å²) in [5.74, 6) is 0.942. The molecular formula is C32H41NO3. The van der Waals surface area contributed by atoms with Gasteiger partial charge in [-0.3, -0.25) is 4.98 Å². The van der Waals surface area contributed by atoms with Gasteiger partial charge in [0.15, 0.2) is 0 Å². The van der Waals surface area contributed by atoms with Crippen LogP contribution in [0.3, 0.4) is 0 Å². The molecule has 4 heteroatoms. The number of pyridine rings is 1. The third kappa shape index (κ3) is 9.49. The molecule has 0 atom stereocenters. The first-order valence-electron chi connectivity index (χ1n) is 13.7. The zero-order valence-corrected chi connectivity index (χ0v) is 22.0. The second-order valence-electron chi connectivity index (χ2n) is 9.42. The van der Waals surface area contributed by atoms with Gasteiger partial charge in [0.25, 0.3) is 0 Å². The Labute approximate surface area is 217 Å². The Bertz CT molecular complexity index is 1010.